The van der Waals surface area contributed by atoms with E-state index in [4.69, 9.17) is 9.47 Å². The van der Waals surface area contributed by atoms with E-state index in [2.05, 4.69) is 84.2 Å². The van der Waals surface area contributed by atoms with Crippen molar-refractivity contribution < 1.29 is 19.1 Å². The van der Waals surface area contributed by atoms with Gasteiger partial charge in [-0.25, -0.2) is 4.79 Å². The Balaban J connectivity index is 1.24. The maximum atomic E-state index is 13.3. The van der Waals surface area contributed by atoms with Crippen LogP contribution in [0.5, 0.6) is 0 Å². The van der Waals surface area contributed by atoms with Crippen LogP contribution in [0, 0.1) is 5.92 Å². The van der Waals surface area contributed by atoms with Crippen LogP contribution in [0.1, 0.15) is 129 Å². The molecule has 2 heterocycles. The van der Waals surface area contributed by atoms with Gasteiger partial charge < -0.3 is 20.1 Å². The number of piperidine rings is 2. The number of nitrogens with one attached hydrogen (secondary N) is 2. The molecule has 6 heteroatoms. The molecule has 1 aliphatic carbocycles. The summed E-state index contributed by atoms with van der Waals surface area (Å²) < 4.78 is 12.2. The van der Waals surface area contributed by atoms with Gasteiger partial charge in [0.1, 0.15) is 12.2 Å². The summed E-state index contributed by atoms with van der Waals surface area (Å²) in [5.74, 6) is 0.0354. The average Bonchev–Trinajstić information content (AvgIpc) is 2.84. The van der Waals surface area contributed by atoms with Crippen molar-refractivity contribution in [2.45, 2.75) is 147 Å². The van der Waals surface area contributed by atoms with Gasteiger partial charge in [-0.1, -0.05) is 24.3 Å². The van der Waals surface area contributed by atoms with Crippen LogP contribution < -0.4 is 10.6 Å². The van der Waals surface area contributed by atoms with Crippen molar-refractivity contribution in [3.63, 3.8) is 0 Å². The Morgan fingerprint density at radius 3 is 1.76 bits per heavy atom. The first kappa shape index (κ1) is 31.0. The number of fused-ring (bicyclic) bond motifs is 1. The number of rotatable bonds is 5. The van der Waals surface area contributed by atoms with Gasteiger partial charge in [0.15, 0.2) is 0 Å². The maximum Gasteiger partial charge on any atom is 0.338 e. The Hall–Kier alpha value is -2.44. The molecular weight excluding hydrogens is 524 g/mol. The van der Waals surface area contributed by atoms with E-state index in [-0.39, 0.29) is 52.2 Å². The maximum absolute atomic E-state index is 13.3. The summed E-state index contributed by atoms with van der Waals surface area (Å²) in [5, 5.41) is 9.57. The van der Waals surface area contributed by atoms with Gasteiger partial charge in [-0.2, -0.15) is 0 Å². The topological polar surface area (TPSA) is 76.7 Å². The summed E-state index contributed by atoms with van der Waals surface area (Å²) in [6.07, 6.45) is 6.65. The van der Waals surface area contributed by atoms with Crippen molar-refractivity contribution in [1.82, 2.24) is 10.6 Å². The lowest BCUT2D eigenvalue weighted by molar-refractivity contribution is -0.159. The molecule has 0 amide bonds. The molecule has 0 unspecified atom stereocenters. The zero-order chi connectivity index (χ0) is 30.5. The van der Waals surface area contributed by atoms with Crippen LogP contribution in [0.4, 0.5) is 0 Å². The molecular formula is C36H52N2O4. The first-order valence-electron chi connectivity index (χ1n) is 16.0. The van der Waals surface area contributed by atoms with Crippen LogP contribution >= 0.6 is 0 Å². The molecule has 0 bridgehead atoms. The standard InChI is InChI=1S/C36H52N2O4/c1-33(2)19-27(20-34(3,4)37-33)41-31(39)25-15-12-24(13-16-25)29-11-9-10-23-14-17-26(18-30(23)29)32(40)42-28-21-35(5,6)38-36(7,8)22-28/h9-11,14,17-18,24-25,27-28,37-38H,12-13,15-16,19-22H2,1-8H3. The van der Waals surface area contributed by atoms with E-state index in [0.717, 1.165) is 62.1 Å². The lowest BCUT2D eigenvalue weighted by Gasteiger charge is -2.46. The van der Waals surface area contributed by atoms with Crippen LogP contribution in [-0.4, -0.2) is 46.3 Å². The lowest BCUT2D eigenvalue weighted by Crippen LogP contribution is -2.59. The van der Waals surface area contributed by atoms with Gasteiger partial charge in [0.25, 0.3) is 0 Å². The molecule has 2 saturated heterocycles. The Kier molecular flexibility index (Phi) is 8.30. The third-order valence-corrected chi connectivity index (χ3v) is 9.51. The minimum absolute atomic E-state index is 0.0285. The van der Waals surface area contributed by atoms with E-state index in [1.165, 1.54) is 5.56 Å². The van der Waals surface area contributed by atoms with Crippen LogP contribution in [0.15, 0.2) is 36.4 Å². The van der Waals surface area contributed by atoms with Gasteiger partial charge in [-0.3, -0.25) is 4.79 Å². The monoisotopic (exact) mass is 576 g/mol. The summed E-state index contributed by atoms with van der Waals surface area (Å²) in [4.78, 5) is 26.5. The number of benzene rings is 2. The lowest BCUT2D eigenvalue weighted by atomic mass is 9.77. The highest BCUT2D eigenvalue weighted by molar-refractivity contribution is 5.96. The minimum atomic E-state index is -0.249. The molecule has 1 saturated carbocycles. The SMILES string of the molecule is CC1(C)CC(OC(=O)c2ccc3cccc(C4CCC(C(=O)OC5CC(C)(C)NC(C)(C)C5)CC4)c3c2)CC(C)(C)N1. The van der Waals surface area contributed by atoms with Gasteiger partial charge in [0, 0.05) is 47.8 Å². The number of carbonyl (C=O) groups excluding carboxylic acids is 2. The van der Waals surface area contributed by atoms with Gasteiger partial charge in [0.05, 0.1) is 11.5 Å². The van der Waals surface area contributed by atoms with Crippen molar-refractivity contribution >= 4 is 22.7 Å². The largest absolute Gasteiger partial charge is 0.462 e. The zero-order valence-electron chi connectivity index (χ0n) is 27.1. The molecule has 2 aromatic carbocycles. The number of ether oxygens (including phenoxy) is 2. The second-order valence-corrected chi connectivity index (χ2v) is 16.0. The van der Waals surface area contributed by atoms with Crippen LogP contribution in [-0.2, 0) is 14.3 Å². The van der Waals surface area contributed by atoms with Gasteiger partial charge in [0.2, 0.25) is 0 Å². The van der Waals surface area contributed by atoms with E-state index in [1.807, 2.05) is 18.2 Å². The van der Waals surface area contributed by atoms with Gasteiger partial charge in [-0.05, 0) is 115 Å². The van der Waals surface area contributed by atoms with Gasteiger partial charge in [-0.15, -0.1) is 0 Å². The average molecular weight is 577 g/mol. The number of hydrogen-bond donors (Lipinski definition) is 2. The number of carbonyl (C=O) groups is 2. The van der Waals surface area contributed by atoms with Crippen LogP contribution in [0.2, 0.25) is 0 Å². The molecule has 0 spiro atoms. The highest BCUT2D eigenvalue weighted by Gasteiger charge is 2.41. The molecule has 0 radical (unpaired) electrons. The Morgan fingerprint density at radius 2 is 1.21 bits per heavy atom. The summed E-state index contributed by atoms with van der Waals surface area (Å²) >= 11 is 0. The number of hydrogen-bond acceptors (Lipinski definition) is 6. The van der Waals surface area contributed by atoms with Crippen LogP contribution in [0.25, 0.3) is 10.8 Å². The number of esters is 2. The molecule has 3 fully saturated rings. The third kappa shape index (κ3) is 7.37. The smallest absolute Gasteiger partial charge is 0.338 e. The molecule has 230 valence electrons. The molecule has 3 aliphatic rings. The molecule has 2 aliphatic heterocycles. The summed E-state index contributed by atoms with van der Waals surface area (Å²) in [7, 11) is 0. The second kappa shape index (κ2) is 11.2. The third-order valence-electron chi connectivity index (χ3n) is 9.51. The van der Waals surface area contributed by atoms with Gasteiger partial charge >= 0.3 is 11.9 Å². The second-order valence-electron chi connectivity index (χ2n) is 16.0. The Bertz CT molecular complexity index is 1290. The Morgan fingerprint density at radius 1 is 0.690 bits per heavy atom. The first-order valence-corrected chi connectivity index (χ1v) is 16.0. The summed E-state index contributed by atoms with van der Waals surface area (Å²) in [6.45, 7) is 17.4. The van der Waals surface area contributed by atoms with Crippen molar-refractivity contribution in [2.24, 2.45) is 5.92 Å². The Labute approximate surface area is 252 Å². The van der Waals surface area contributed by atoms with Crippen molar-refractivity contribution in [3.8, 4) is 0 Å². The fourth-order valence-corrected chi connectivity index (χ4v) is 8.52. The zero-order valence-corrected chi connectivity index (χ0v) is 27.1. The fraction of sp³-hybridized carbons (Fsp3) is 0.667. The molecule has 5 rings (SSSR count). The fourth-order valence-electron chi connectivity index (χ4n) is 8.52. The van der Waals surface area contributed by atoms with Crippen molar-refractivity contribution in [1.29, 1.82) is 0 Å². The van der Waals surface area contributed by atoms with Crippen LogP contribution in [0.3, 0.4) is 0 Å². The highest BCUT2D eigenvalue weighted by Crippen LogP contribution is 2.40. The predicted octanol–water partition coefficient (Wildman–Crippen LogP) is 7.43. The predicted molar refractivity (Wildman–Crippen MR) is 169 cm³/mol. The minimum Gasteiger partial charge on any atom is -0.462 e. The highest BCUT2D eigenvalue weighted by atomic mass is 16.5. The molecule has 6 nitrogen and oxygen atoms in total. The normalized spacial score (nSPS) is 27.3. The van der Waals surface area contributed by atoms with E-state index in [9.17, 15) is 9.59 Å². The summed E-state index contributed by atoms with van der Waals surface area (Å²) in [5.41, 5.74) is 1.59. The molecule has 0 aromatic heterocycles. The summed E-state index contributed by atoms with van der Waals surface area (Å²) in [6, 6.07) is 12.4. The first-order chi connectivity index (χ1) is 19.5. The van der Waals surface area contributed by atoms with E-state index >= 15 is 0 Å². The van der Waals surface area contributed by atoms with E-state index in [1.54, 1.807) is 0 Å². The molecule has 0 atom stereocenters. The molecule has 42 heavy (non-hydrogen) atoms. The molecule has 2 N–H and O–H groups in total. The van der Waals surface area contributed by atoms with Crippen molar-refractivity contribution in [3.05, 3.63) is 47.5 Å². The van der Waals surface area contributed by atoms with E-state index in [0.29, 0.717) is 11.5 Å². The molecule has 2 aromatic rings. The quantitative estimate of drug-likeness (QED) is 0.361. The van der Waals surface area contributed by atoms with E-state index < -0.39 is 0 Å². The van der Waals surface area contributed by atoms with Crippen molar-refractivity contribution in [2.75, 3.05) is 0 Å².